The molecule has 2 N–H and O–H groups in total. The van der Waals surface area contributed by atoms with E-state index in [2.05, 4.69) is 27.5 Å². The Morgan fingerprint density at radius 2 is 1.50 bits per heavy atom. The fourth-order valence-electron chi connectivity index (χ4n) is 5.80. The van der Waals surface area contributed by atoms with Crippen LogP contribution in [0.1, 0.15) is 33.3 Å². The smallest absolute Gasteiger partial charge is 0.269 e. The first-order valence-corrected chi connectivity index (χ1v) is 16.1. The van der Waals surface area contributed by atoms with Crippen molar-refractivity contribution < 1.29 is 23.7 Å². The number of hydrogen-bond donors (Lipinski definition) is 2. The summed E-state index contributed by atoms with van der Waals surface area (Å²) in [6.07, 6.45) is 2.80. The quantitative estimate of drug-likeness (QED) is 0.0689. The molecular formula is C39H35N5O6. The normalized spacial score (nSPS) is 14.3. The number of anilines is 2. The van der Waals surface area contributed by atoms with Crippen molar-refractivity contribution in [1.29, 1.82) is 0 Å². The largest absolute Gasteiger partial charge is 0.457 e. The van der Waals surface area contributed by atoms with Crippen molar-refractivity contribution in [2.75, 3.05) is 43.9 Å². The van der Waals surface area contributed by atoms with Crippen molar-refractivity contribution in [3.05, 3.63) is 154 Å². The zero-order valence-electron chi connectivity index (χ0n) is 27.3. The van der Waals surface area contributed by atoms with E-state index >= 15 is 0 Å². The number of nitro groups is 1. The second-order valence-electron chi connectivity index (χ2n) is 11.9. The summed E-state index contributed by atoms with van der Waals surface area (Å²) in [6.45, 7) is 3.10. The summed E-state index contributed by atoms with van der Waals surface area (Å²) in [5.74, 6) is -0.136. The number of carbonyl (C=O) groups excluding carboxylic acids is 3. The third-order valence-electron chi connectivity index (χ3n) is 8.48. The first kappa shape index (κ1) is 33.7. The third-order valence-corrected chi connectivity index (χ3v) is 8.48. The molecule has 50 heavy (non-hydrogen) atoms. The molecular weight excluding hydrogens is 634 g/mol. The zero-order chi connectivity index (χ0) is 35.0. The number of hydrogen-bond acceptors (Lipinski definition) is 8. The molecule has 1 aliphatic heterocycles. The summed E-state index contributed by atoms with van der Waals surface area (Å²) in [5.41, 5.74) is 2.85. The number of piperazine rings is 1. The Kier molecular flexibility index (Phi) is 10.4. The lowest BCUT2D eigenvalue weighted by Crippen LogP contribution is -2.48. The molecule has 252 valence electrons. The van der Waals surface area contributed by atoms with E-state index in [4.69, 9.17) is 4.42 Å². The molecule has 2 amide bonds. The van der Waals surface area contributed by atoms with Gasteiger partial charge in [-0.25, -0.2) is 0 Å². The molecule has 5 aromatic rings. The van der Waals surface area contributed by atoms with E-state index in [1.807, 2.05) is 36.4 Å². The molecule has 1 fully saturated rings. The van der Waals surface area contributed by atoms with Crippen LogP contribution >= 0.6 is 0 Å². The van der Waals surface area contributed by atoms with Crippen LogP contribution in [0.4, 0.5) is 17.1 Å². The second-order valence-corrected chi connectivity index (χ2v) is 11.9. The van der Waals surface area contributed by atoms with Gasteiger partial charge in [-0.2, -0.15) is 0 Å². The Morgan fingerprint density at radius 1 is 0.820 bits per heavy atom. The molecule has 11 heteroatoms. The van der Waals surface area contributed by atoms with E-state index in [9.17, 15) is 24.5 Å². The Bertz CT molecular complexity index is 2020. The molecule has 1 unspecified atom stereocenters. The summed E-state index contributed by atoms with van der Waals surface area (Å²) < 4.78 is 5.80. The van der Waals surface area contributed by atoms with E-state index in [0.29, 0.717) is 47.1 Å². The number of nitrogens with one attached hydrogen (secondary N) is 2. The maximum atomic E-state index is 14.0. The summed E-state index contributed by atoms with van der Waals surface area (Å²) in [4.78, 5) is 55.6. The number of nitrogens with zero attached hydrogens (tertiary/aromatic N) is 3. The lowest BCUT2D eigenvalue weighted by Gasteiger charge is -2.37. The van der Waals surface area contributed by atoms with Crippen molar-refractivity contribution in [3.8, 4) is 11.3 Å². The molecule has 1 atom stereocenters. The van der Waals surface area contributed by atoms with E-state index in [-0.39, 0.29) is 22.9 Å². The van der Waals surface area contributed by atoms with Crippen LogP contribution in [-0.2, 0) is 9.59 Å². The monoisotopic (exact) mass is 669 g/mol. The van der Waals surface area contributed by atoms with E-state index < -0.39 is 16.9 Å². The number of likely N-dealkylation sites (N-methyl/N-ethyl adjacent to an activating group) is 1. The van der Waals surface area contributed by atoms with Crippen LogP contribution in [0.2, 0.25) is 0 Å². The molecule has 1 aromatic heterocycles. The van der Waals surface area contributed by atoms with Crippen LogP contribution in [0.3, 0.4) is 0 Å². The molecule has 11 nitrogen and oxygen atoms in total. The SMILES string of the molecule is CN1CCN(C(C(=O)Nc2ccc(NC(=O)C=Cc3ccc(-c4ccc([N+](=O)[O-])cc4)o3)cc2C(=O)c2ccccc2)c2ccccc2)CC1. The standard InChI is InChI=1S/C39H35N5O6/c1-42-22-24-43(25-23-42)37(28-8-4-2-5-9-28)39(47)41-34-19-14-30(26-33(34)38(46)29-10-6-3-7-11-29)40-36(45)21-18-32-17-20-35(50-32)27-12-15-31(16-13-27)44(48)49/h2-21,26,37H,22-25H2,1H3,(H,40,45)(H,41,47). The van der Waals surface area contributed by atoms with Crippen LogP contribution in [0.15, 0.2) is 126 Å². The summed E-state index contributed by atoms with van der Waals surface area (Å²) in [7, 11) is 2.06. The maximum absolute atomic E-state index is 14.0. The zero-order valence-corrected chi connectivity index (χ0v) is 27.3. The number of non-ortho nitro benzene ring substituents is 1. The molecule has 1 aliphatic rings. The van der Waals surface area contributed by atoms with Crippen molar-refractivity contribution in [1.82, 2.24) is 9.80 Å². The molecule has 0 aliphatic carbocycles. The summed E-state index contributed by atoms with van der Waals surface area (Å²) in [6, 6.07) is 32.0. The van der Waals surface area contributed by atoms with Crippen molar-refractivity contribution in [2.45, 2.75) is 6.04 Å². The highest BCUT2D eigenvalue weighted by Crippen LogP contribution is 2.29. The molecule has 6 rings (SSSR count). The second kappa shape index (κ2) is 15.4. The van der Waals surface area contributed by atoms with Gasteiger partial charge in [0.05, 0.1) is 10.6 Å². The van der Waals surface area contributed by atoms with Crippen molar-refractivity contribution >= 4 is 40.7 Å². The van der Waals surface area contributed by atoms with Gasteiger partial charge in [0, 0.05) is 66.8 Å². The van der Waals surface area contributed by atoms with Gasteiger partial charge in [0.1, 0.15) is 17.6 Å². The van der Waals surface area contributed by atoms with Gasteiger partial charge in [-0.1, -0.05) is 60.7 Å². The third kappa shape index (κ3) is 8.09. The fraction of sp³-hybridized carbons (Fsp3) is 0.154. The van der Waals surface area contributed by atoms with Crippen molar-refractivity contribution in [3.63, 3.8) is 0 Å². The molecule has 0 radical (unpaired) electrons. The lowest BCUT2D eigenvalue weighted by atomic mass is 9.99. The summed E-state index contributed by atoms with van der Waals surface area (Å²) >= 11 is 0. The average molecular weight is 670 g/mol. The number of benzene rings is 4. The number of rotatable bonds is 11. The molecule has 0 spiro atoms. The minimum atomic E-state index is -0.559. The number of furan rings is 1. The first-order valence-electron chi connectivity index (χ1n) is 16.1. The van der Waals surface area contributed by atoms with E-state index in [0.717, 1.165) is 18.7 Å². The van der Waals surface area contributed by atoms with Crippen molar-refractivity contribution in [2.24, 2.45) is 0 Å². The maximum Gasteiger partial charge on any atom is 0.269 e. The minimum Gasteiger partial charge on any atom is -0.457 e. The van der Waals surface area contributed by atoms with Gasteiger partial charge in [-0.15, -0.1) is 0 Å². The minimum absolute atomic E-state index is 0.0248. The molecule has 0 bridgehead atoms. The fourth-order valence-corrected chi connectivity index (χ4v) is 5.80. The molecule has 2 heterocycles. The number of amides is 2. The topological polar surface area (TPSA) is 138 Å². The number of nitro benzene ring substituents is 1. The van der Waals surface area contributed by atoms with Gasteiger partial charge < -0.3 is 20.0 Å². The Hall–Kier alpha value is -6.17. The lowest BCUT2D eigenvalue weighted by molar-refractivity contribution is -0.384. The molecule has 4 aromatic carbocycles. The van der Waals surface area contributed by atoms with Crippen LogP contribution in [-0.4, -0.2) is 65.5 Å². The van der Waals surface area contributed by atoms with Gasteiger partial charge in [0.2, 0.25) is 11.8 Å². The van der Waals surface area contributed by atoms with Gasteiger partial charge in [0.25, 0.3) is 5.69 Å². The van der Waals surface area contributed by atoms with E-state index in [1.165, 1.54) is 24.3 Å². The Labute approximate surface area is 289 Å². The highest BCUT2D eigenvalue weighted by Gasteiger charge is 2.30. The van der Waals surface area contributed by atoms with Crippen LogP contribution < -0.4 is 10.6 Å². The van der Waals surface area contributed by atoms with Crippen LogP contribution in [0.5, 0.6) is 0 Å². The predicted octanol–water partition coefficient (Wildman–Crippen LogP) is 6.66. The van der Waals surface area contributed by atoms with Gasteiger partial charge in [-0.3, -0.25) is 29.4 Å². The average Bonchev–Trinajstić information content (AvgIpc) is 3.62. The molecule has 0 saturated carbocycles. The van der Waals surface area contributed by atoms with Gasteiger partial charge in [-0.05, 0) is 61.2 Å². The number of ketones is 1. The number of carbonyl (C=O) groups is 3. The predicted molar refractivity (Wildman–Crippen MR) is 192 cm³/mol. The molecule has 1 saturated heterocycles. The highest BCUT2D eigenvalue weighted by atomic mass is 16.6. The van der Waals surface area contributed by atoms with Gasteiger partial charge >= 0.3 is 0 Å². The Balaban J connectivity index is 1.21. The van der Waals surface area contributed by atoms with E-state index in [1.54, 1.807) is 66.7 Å². The summed E-state index contributed by atoms with van der Waals surface area (Å²) in [5, 5.41) is 16.8. The van der Waals surface area contributed by atoms with Crippen LogP contribution in [0.25, 0.3) is 17.4 Å². The van der Waals surface area contributed by atoms with Gasteiger partial charge in [0.15, 0.2) is 5.78 Å². The van der Waals surface area contributed by atoms with Crippen LogP contribution in [0, 0.1) is 10.1 Å². The Morgan fingerprint density at radius 3 is 2.18 bits per heavy atom. The first-order chi connectivity index (χ1) is 24.2. The highest BCUT2D eigenvalue weighted by molar-refractivity contribution is 6.15.